The van der Waals surface area contributed by atoms with Crippen LogP contribution >= 0.6 is 0 Å². The van der Waals surface area contributed by atoms with Crippen molar-refractivity contribution < 1.29 is 18.0 Å². The molecule has 0 spiro atoms. The van der Waals surface area contributed by atoms with Crippen molar-refractivity contribution in [2.75, 3.05) is 4.90 Å². The Bertz CT molecular complexity index is 1300. The van der Waals surface area contributed by atoms with E-state index in [0.717, 1.165) is 41.4 Å². The zero-order valence-corrected chi connectivity index (χ0v) is 18.7. The maximum absolute atomic E-state index is 13.0. The highest BCUT2D eigenvalue weighted by molar-refractivity contribution is 6.06. The Balaban J connectivity index is 1.84. The summed E-state index contributed by atoms with van der Waals surface area (Å²) in [5.74, 6) is 0.0722. The van der Waals surface area contributed by atoms with E-state index < -0.39 is 11.7 Å². The van der Waals surface area contributed by atoms with E-state index in [1.165, 1.54) is 24.0 Å². The van der Waals surface area contributed by atoms with Crippen LogP contribution in [0, 0.1) is 0 Å². The fourth-order valence-electron chi connectivity index (χ4n) is 4.34. The number of carbonyl (C=O) groups excluding carboxylic acids is 1. The van der Waals surface area contributed by atoms with Crippen molar-refractivity contribution in [1.29, 1.82) is 0 Å². The van der Waals surface area contributed by atoms with E-state index in [1.54, 1.807) is 29.7 Å². The number of allylic oxidation sites excluding steroid dienone is 1. The Morgan fingerprint density at radius 2 is 1.79 bits per heavy atom. The van der Waals surface area contributed by atoms with Crippen molar-refractivity contribution in [3.63, 3.8) is 0 Å². The van der Waals surface area contributed by atoms with Gasteiger partial charge in [-0.05, 0) is 74.1 Å². The molecule has 1 fully saturated rings. The second-order valence-electron chi connectivity index (χ2n) is 8.26. The zero-order valence-electron chi connectivity index (χ0n) is 18.7. The fraction of sp³-hybridized carbons (Fsp3) is 0.308. The van der Waals surface area contributed by atoms with E-state index in [2.05, 4.69) is 0 Å². The van der Waals surface area contributed by atoms with Crippen LogP contribution in [0.1, 0.15) is 56.2 Å². The van der Waals surface area contributed by atoms with Crippen molar-refractivity contribution in [3.8, 4) is 0 Å². The first-order valence-electron chi connectivity index (χ1n) is 11.0. The van der Waals surface area contributed by atoms with Crippen LogP contribution in [0.15, 0.2) is 59.4 Å². The van der Waals surface area contributed by atoms with E-state index in [9.17, 15) is 22.8 Å². The second-order valence-corrected chi connectivity index (χ2v) is 8.26. The molecule has 7 heteroatoms. The van der Waals surface area contributed by atoms with E-state index in [-0.39, 0.29) is 11.5 Å². The number of amides is 1. The van der Waals surface area contributed by atoms with Gasteiger partial charge in [0, 0.05) is 30.6 Å². The third-order valence-electron chi connectivity index (χ3n) is 6.06. The number of rotatable bonds is 5. The normalized spacial score (nSPS) is 14.5. The minimum atomic E-state index is -4.43. The molecule has 1 heterocycles. The van der Waals surface area contributed by atoms with E-state index in [0.29, 0.717) is 29.4 Å². The highest BCUT2D eigenvalue weighted by Crippen LogP contribution is 2.43. The Hall–Kier alpha value is -3.35. The minimum absolute atomic E-state index is 0.0398. The molecule has 4 rings (SSSR count). The van der Waals surface area contributed by atoms with Gasteiger partial charge in [0.25, 0.3) is 5.56 Å². The van der Waals surface area contributed by atoms with Crippen molar-refractivity contribution in [2.24, 2.45) is 0 Å². The third-order valence-corrected chi connectivity index (χ3v) is 6.06. The Morgan fingerprint density at radius 3 is 2.30 bits per heavy atom. The van der Waals surface area contributed by atoms with Crippen LogP contribution in [0.2, 0.25) is 0 Å². The highest BCUT2D eigenvalue weighted by atomic mass is 19.4. The molecule has 1 aromatic heterocycles. The molecule has 33 heavy (non-hydrogen) atoms. The van der Waals surface area contributed by atoms with Gasteiger partial charge in [-0.3, -0.25) is 14.5 Å². The zero-order chi connectivity index (χ0) is 23.9. The Kier molecular flexibility index (Phi) is 5.91. The van der Waals surface area contributed by atoms with E-state index in [1.807, 2.05) is 19.1 Å². The van der Waals surface area contributed by atoms with Gasteiger partial charge in [-0.15, -0.1) is 0 Å². The summed E-state index contributed by atoms with van der Waals surface area (Å²) in [7, 11) is 0. The van der Waals surface area contributed by atoms with Crippen LogP contribution in [0.25, 0.3) is 16.6 Å². The molecule has 0 aliphatic heterocycles. The average molecular weight is 454 g/mol. The van der Waals surface area contributed by atoms with Crippen LogP contribution in [-0.2, 0) is 17.5 Å². The van der Waals surface area contributed by atoms with Gasteiger partial charge in [-0.25, -0.2) is 0 Å². The lowest BCUT2D eigenvalue weighted by molar-refractivity contribution is -0.137. The topological polar surface area (TPSA) is 42.3 Å². The van der Waals surface area contributed by atoms with E-state index in [4.69, 9.17) is 0 Å². The first-order valence-corrected chi connectivity index (χ1v) is 11.0. The Morgan fingerprint density at radius 1 is 1.12 bits per heavy atom. The molecule has 4 nitrogen and oxygen atoms in total. The number of pyridine rings is 1. The predicted octanol–water partition coefficient (Wildman–Crippen LogP) is 6.33. The lowest BCUT2D eigenvalue weighted by atomic mass is 10.0. The Labute approximate surface area is 189 Å². The largest absolute Gasteiger partial charge is 0.416 e. The van der Waals surface area contributed by atoms with Crippen molar-refractivity contribution >= 4 is 28.2 Å². The van der Waals surface area contributed by atoms with Gasteiger partial charge >= 0.3 is 6.18 Å². The van der Waals surface area contributed by atoms with Gasteiger partial charge in [0.05, 0.1) is 16.8 Å². The summed E-state index contributed by atoms with van der Waals surface area (Å²) < 4.78 is 40.7. The van der Waals surface area contributed by atoms with Crippen LogP contribution in [0.3, 0.4) is 0 Å². The SMILES string of the molecule is C/C=C(/c1ccc(C(F)(F)F)cc1)N(C(C)=O)c1ccc2c(c1)c(C1CC1)cc(=O)n2CC. The summed E-state index contributed by atoms with van der Waals surface area (Å²) in [5, 5.41) is 0.922. The summed E-state index contributed by atoms with van der Waals surface area (Å²) in [5.41, 5.74) is 2.62. The van der Waals surface area contributed by atoms with Crippen LogP contribution in [-0.4, -0.2) is 10.5 Å². The van der Waals surface area contributed by atoms with Gasteiger partial charge in [0.15, 0.2) is 0 Å². The number of nitrogens with zero attached hydrogens (tertiary/aromatic N) is 2. The molecule has 0 N–H and O–H groups in total. The number of hydrogen-bond donors (Lipinski definition) is 0. The number of aromatic nitrogens is 1. The monoisotopic (exact) mass is 454 g/mol. The summed E-state index contributed by atoms with van der Waals surface area (Å²) in [6.45, 7) is 5.61. The molecule has 1 aliphatic rings. The predicted molar refractivity (Wildman–Crippen MR) is 124 cm³/mol. The molecule has 0 saturated heterocycles. The summed E-state index contributed by atoms with van der Waals surface area (Å²) in [6, 6.07) is 12.0. The van der Waals surface area contributed by atoms with Gasteiger partial charge in [-0.1, -0.05) is 18.2 Å². The molecule has 0 atom stereocenters. The molecular formula is C26H25F3N2O2. The quantitative estimate of drug-likeness (QED) is 0.452. The number of carbonyl (C=O) groups is 1. The molecule has 0 radical (unpaired) electrons. The fourth-order valence-corrected chi connectivity index (χ4v) is 4.34. The number of aryl methyl sites for hydroxylation is 1. The first-order chi connectivity index (χ1) is 15.7. The lowest BCUT2D eigenvalue weighted by Gasteiger charge is -2.26. The van der Waals surface area contributed by atoms with Crippen LogP contribution < -0.4 is 10.5 Å². The first kappa shape index (κ1) is 22.8. The van der Waals surface area contributed by atoms with Crippen molar-refractivity contribution in [3.05, 3.63) is 81.7 Å². The highest BCUT2D eigenvalue weighted by Gasteiger charge is 2.31. The standard InChI is InChI=1S/C26H25F3N2O2/c1-4-23(18-8-10-19(11-9-18)26(27,28)29)31(16(3)32)20-12-13-24-22(14-20)21(17-6-7-17)15-25(33)30(24)5-2/h4,8-15,17H,5-7H2,1-3H3/b23-4-. The smallest absolute Gasteiger partial charge is 0.309 e. The van der Waals surface area contributed by atoms with Crippen LogP contribution in [0.4, 0.5) is 18.9 Å². The van der Waals surface area contributed by atoms with Crippen molar-refractivity contribution in [2.45, 2.75) is 52.3 Å². The summed E-state index contributed by atoms with van der Waals surface area (Å²) in [4.78, 5) is 26.8. The summed E-state index contributed by atoms with van der Waals surface area (Å²) in [6.07, 6.45) is -0.668. The van der Waals surface area contributed by atoms with Crippen molar-refractivity contribution in [1.82, 2.24) is 4.57 Å². The molecule has 2 aromatic carbocycles. The minimum Gasteiger partial charge on any atom is -0.309 e. The molecule has 3 aromatic rings. The number of fused-ring (bicyclic) bond motifs is 1. The molecular weight excluding hydrogens is 429 g/mol. The van der Waals surface area contributed by atoms with Gasteiger partial charge in [0.2, 0.25) is 5.91 Å². The number of alkyl halides is 3. The number of hydrogen-bond acceptors (Lipinski definition) is 2. The van der Waals surface area contributed by atoms with Crippen LogP contribution in [0.5, 0.6) is 0 Å². The maximum Gasteiger partial charge on any atom is 0.416 e. The lowest BCUT2D eigenvalue weighted by Crippen LogP contribution is -2.27. The maximum atomic E-state index is 13.0. The second kappa shape index (κ2) is 8.54. The number of anilines is 1. The molecule has 1 saturated carbocycles. The molecule has 172 valence electrons. The molecule has 1 aliphatic carbocycles. The number of benzene rings is 2. The summed E-state index contributed by atoms with van der Waals surface area (Å²) >= 11 is 0. The molecule has 1 amide bonds. The number of halogens is 3. The molecule has 0 unspecified atom stereocenters. The van der Waals surface area contributed by atoms with Gasteiger partial charge in [0.1, 0.15) is 0 Å². The van der Waals surface area contributed by atoms with E-state index >= 15 is 0 Å². The van der Waals surface area contributed by atoms with Gasteiger partial charge in [-0.2, -0.15) is 13.2 Å². The average Bonchev–Trinajstić information content (AvgIpc) is 3.61. The third kappa shape index (κ3) is 4.32. The molecule has 0 bridgehead atoms. The van der Waals surface area contributed by atoms with Gasteiger partial charge < -0.3 is 4.57 Å².